The van der Waals surface area contributed by atoms with E-state index in [1.54, 1.807) is 35.4 Å². The standard InChI is InChI=1S/C26H25FN2O4/c1-2-33-24-13-17(14-26(31)32)6-7-21(24)19-8-9-23(27)20-10-12-29(16-22(19)20)25(30)15-18-5-3-4-11-28-18/h3-9,11,13H,2,10,12,14-16H2,1H3,(H,31,32). The first-order valence-electron chi connectivity index (χ1n) is 10.9. The quantitative estimate of drug-likeness (QED) is 0.590. The van der Waals surface area contributed by atoms with Gasteiger partial charge < -0.3 is 14.7 Å². The van der Waals surface area contributed by atoms with E-state index in [-0.39, 0.29) is 31.1 Å². The van der Waals surface area contributed by atoms with Crippen molar-refractivity contribution in [1.82, 2.24) is 9.88 Å². The highest BCUT2D eigenvalue weighted by molar-refractivity contribution is 5.81. The van der Waals surface area contributed by atoms with E-state index in [0.717, 1.165) is 16.7 Å². The van der Waals surface area contributed by atoms with Gasteiger partial charge in [-0.05, 0) is 59.9 Å². The molecule has 6 nitrogen and oxygen atoms in total. The van der Waals surface area contributed by atoms with Crippen LogP contribution in [-0.2, 0) is 35.4 Å². The first-order valence-corrected chi connectivity index (χ1v) is 10.9. The molecule has 0 radical (unpaired) electrons. The van der Waals surface area contributed by atoms with Crippen LogP contribution in [0.2, 0.25) is 0 Å². The maximum atomic E-state index is 14.7. The molecule has 4 rings (SSSR count). The van der Waals surface area contributed by atoms with E-state index in [0.29, 0.717) is 42.1 Å². The topological polar surface area (TPSA) is 79.7 Å². The molecule has 0 spiro atoms. The highest BCUT2D eigenvalue weighted by Gasteiger charge is 2.26. The van der Waals surface area contributed by atoms with Gasteiger partial charge in [0, 0.05) is 30.5 Å². The van der Waals surface area contributed by atoms with Crippen LogP contribution in [0.25, 0.3) is 11.1 Å². The van der Waals surface area contributed by atoms with Crippen molar-refractivity contribution in [3.05, 3.63) is 82.9 Å². The molecule has 170 valence electrons. The van der Waals surface area contributed by atoms with Gasteiger partial charge in [0.2, 0.25) is 5.91 Å². The van der Waals surface area contributed by atoms with Crippen molar-refractivity contribution in [2.24, 2.45) is 0 Å². The number of hydrogen-bond acceptors (Lipinski definition) is 4. The highest BCUT2D eigenvalue weighted by Crippen LogP contribution is 2.38. The Kier molecular flexibility index (Phi) is 6.68. The van der Waals surface area contributed by atoms with Crippen LogP contribution >= 0.6 is 0 Å². The Labute approximate surface area is 191 Å². The van der Waals surface area contributed by atoms with Gasteiger partial charge in [0.1, 0.15) is 11.6 Å². The highest BCUT2D eigenvalue weighted by atomic mass is 19.1. The Balaban J connectivity index is 1.68. The van der Waals surface area contributed by atoms with Crippen LogP contribution in [-0.4, -0.2) is 40.0 Å². The van der Waals surface area contributed by atoms with E-state index in [1.807, 2.05) is 25.1 Å². The molecule has 1 aromatic heterocycles. The third-order valence-electron chi connectivity index (χ3n) is 5.76. The van der Waals surface area contributed by atoms with E-state index in [9.17, 15) is 14.0 Å². The fourth-order valence-corrected chi connectivity index (χ4v) is 4.22. The third kappa shape index (κ3) is 5.03. The van der Waals surface area contributed by atoms with E-state index in [4.69, 9.17) is 9.84 Å². The van der Waals surface area contributed by atoms with Crippen molar-refractivity contribution >= 4 is 11.9 Å². The molecular formula is C26H25FN2O4. The first kappa shape index (κ1) is 22.5. The zero-order valence-electron chi connectivity index (χ0n) is 18.4. The molecule has 1 aliphatic heterocycles. The second kappa shape index (κ2) is 9.81. The zero-order chi connectivity index (χ0) is 23.4. The summed E-state index contributed by atoms with van der Waals surface area (Å²) in [6.45, 7) is 2.98. The average molecular weight is 448 g/mol. The molecule has 33 heavy (non-hydrogen) atoms. The van der Waals surface area contributed by atoms with Gasteiger partial charge in [-0.3, -0.25) is 14.6 Å². The molecule has 0 saturated heterocycles. The van der Waals surface area contributed by atoms with Crippen LogP contribution < -0.4 is 4.74 Å². The maximum Gasteiger partial charge on any atom is 0.307 e. The van der Waals surface area contributed by atoms with Crippen LogP contribution in [0.1, 0.15) is 29.3 Å². The van der Waals surface area contributed by atoms with Gasteiger partial charge in [0.15, 0.2) is 0 Å². The van der Waals surface area contributed by atoms with Crippen LogP contribution in [0.3, 0.4) is 0 Å². The number of rotatable bonds is 7. The fraction of sp³-hybridized carbons (Fsp3) is 0.269. The Morgan fingerprint density at radius 2 is 1.91 bits per heavy atom. The molecule has 2 aromatic carbocycles. The predicted molar refractivity (Wildman–Crippen MR) is 121 cm³/mol. The second-order valence-electron chi connectivity index (χ2n) is 7.95. The van der Waals surface area contributed by atoms with Gasteiger partial charge in [-0.25, -0.2) is 4.39 Å². The van der Waals surface area contributed by atoms with Crippen LogP contribution in [0, 0.1) is 5.82 Å². The molecule has 0 unspecified atom stereocenters. The molecule has 1 amide bonds. The largest absolute Gasteiger partial charge is 0.493 e. The van der Waals surface area contributed by atoms with Gasteiger partial charge in [-0.15, -0.1) is 0 Å². The van der Waals surface area contributed by atoms with Gasteiger partial charge in [0.25, 0.3) is 0 Å². The summed E-state index contributed by atoms with van der Waals surface area (Å²) < 4.78 is 20.5. The summed E-state index contributed by atoms with van der Waals surface area (Å²) in [5.74, 6) is -0.726. The molecule has 7 heteroatoms. The number of hydrogen-bond donors (Lipinski definition) is 1. The average Bonchev–Trinajstić information content (AvgIpc) is 2.80. The van der Waals surface area contributed by atoms with Crippen molar-refractivity contribution in [2.75, 3.05) is 13.2 Å². The number of halogens is 1. The van der Waals surface area contributed by atoms with Crippen molar-refractivity contribution in [2.45, 2.75) is 32.7 Å². The number of aliphatic carboxylic acids is 1. The monoisotopic (exact) mass is 448 g/mol. The van der Waals surface area contributed by atoms with Crippen LogP contribution in [0.5, 0.6) is 5.75 Å². The fourth-order valence-electron chi connectivity index (χ4n) is 4.22. The van der Waals surface area contributed by atoms with Crippen molar-refractivity contribution in [1.29, 1.82) is 0 Å². The minimum absolute atomic E-state index is 0.0589. The van der Waals surface area contributed by atoms with Crippen LogP contribution in [0.15, 0.2) is 54.7 Å². The molecule has 3 aromatic rings. The number of pyridine rings is 1. The summed E-state index contributed by atoms with van der Waals surface area (Å²) in [5, 5.41) is 9.13. The number of carboxylic acid groups (broad SMARTS) is 1. The summed E-state index contributed by atoms with van der Waals surface area (Å²) >= 11 is 0. The molecule has 1 N–H and O–H groups in total. The number of carboxylic acids is 1. The molecule has 1 aliphatic rings. The van der Waals surface area contributed by atoms with E-state index in [2.05, 4.69) is 4.98 Å². The van der Waals surface area contributed by atoms with Gasteiger partial charge >= 0.3 is 5.97 Å². The number of carbonyl (C=O) groups is 2. The zero-order valence-corrected chi connectivity index (χ0v) is 18.4. The Hall–Kier alpha value is -3.74. The van der Waals surface area contributed by atoms with Gasteiger partial charge in [0.05, 0.1) is 19.4 Å². The molecule has 0 fully saturated rings. The Bertz CT molecular complexity index is 1180. The SMILES string of the molecule is CCOc1cc(CC(=O)O)ccc1-c1ccc(F)c2c1CN(C(=O)Cc1ccccn1)CC2. The molecule has 0 bridgehead atoms. The summed E-state index contributed by atoms with van der Waals surface area (Å²) in [7, 11) is 0. The van der Waals surface area contributed by atoms with Gasteiger partial charge in [-0.2, -0.15) is 0 Å². The predicted octanol–water partition coefficient (Wildman–Crippen LogP) is 4.04. The minimum atomic E-state index is -0.925. The normalized spacial score (nSPS) is 12.8. The minimum Gasteiger partial charge on any atom is -0.493 e. The van der Waals surface area contributed by atoms with Crippen molar-refractivity contribution < 1.29 is 23.8 Å². The molecule has 0 aliphatic carbocycles. The molecule has 2 heterocycles. The Morgan fingerprint density at radius 3 is 2.64 bits per heavy atom. The molecule has 0 saturated carbocycles. The number of benzene rings is 2. The summed E-state index contributed by atoms with van der Waals surface area (Å²) in [6, 6.07) is 13.9. The smallest absolute Gasteiger partial charge is 0.307 e. The van der Waals surface area contributed by atoms with Crippen molar-refractivity contribution in [3.63, 3.8) is 0 Å². The van der Waals surface area contributed by atoms with Gasteiger partial charge in [-0.1, -0.05) is 24.3 Å². The number of ether oxygens (including phenoxy) is 1. The van der Waals surface area contributed by atoms with Crippen molar-refractivity contribution in [3.8, 4) is 16.9 Å². The Morgan fingerprint density at radius 1 is 1.09 bits per heavy atom. The maximum absolute atomic E-state index is 14.7. The number of fused-ring (bicyclic) bond motifs is 1. The summed E-state index contributed by atoms with van der Waals surface area (Å²) in [6.07, 6.45) is 2.15. The van der Waals surface area contributed by atoms with Crippen LogP contribution in [0.4, 0.5) is 4.39 Å². The second-order valence-corrected chi connectivity index (χ2v) is 7.95. The number of amides is 1. The lowest BCUT2D eigenvalue weighted by molar-refractivity contribution is -0.136. The van der Waals surface area contributed by atoms with E-state index in [1.165, 1.54) is 6.07 Å². The summed E-state index contributed by atoms with van der Waals surface area (Å²) in [5.41, 5.74) is 4.21. The number of aromatic nitrogens is 1. The number of carbonyl (C=O) groups excluding carboxylic acids is 1. The lowest BCUT2D eigenvalue weighted by Gasteiger charge is -2.31. The lowest BCUT2D eigenvalue weighted by Crippen LogP contribution is -2.37. The molecular weight excluding hydrogens is 423 g/mol. The van der Waals surface area contributed by atoms with E-state index < -0.39 is 5.97 Å². The third-order valence-corrected chi connectivity index (χ3v) is 5.76. The lowest BCUT2D eigenvalue weighted by atomic mass is 9.89. The molecule has 0 atom stereocenters. The number of nitrogens with zero attached hydrogens (tertiary/aromatic N) is 2. The summed E-state index contributed by atoms with van der Waals surface area (Å²) in [4.78, 5) is 30.0. The van der Waals surface area contributed by atoms with E-state index >= 15 is 0 Å². The first-order chi connectivity index (χ1) is 16.0.